The number of nitrogens with one attached hydrogen (secondary N) is 1. The van der Waals surface area contributed by atoms with Gasteiger partial charge in [-0.2, -0.15) is 0 Å². The molecule has 1 N–H and O–H groups in total. The van der Waals surface area contributed by atoms with Crippen LogP contribution in [0.4, 0.5) is 0 Å². The smallest absolute Gasteiger partial charge is 0.319 e. The Morgan fingerprint density at radius 2 is 2.17 bits per heavy atom. The van der Waals surface area contributed by atoms with Crippen LogP contribution in [-0.4, -0.2) is 19.6 Å². The van der Waals surface area contributed by atoms with E-state index in [9.17, 15) is 4.79 Å². The van der Waals surface area contributed by atoms with Gasteiger partial charge in [0.25, 0.3) is 0 Å². The van der Waals surface area contributed by atoms with Gasteiger partial charge in [0.05, 0.1) is 13.7 Å². The molecule has 0 saturated heterocycles. The van der Waals surface area contributed by atoms with Crippen molar-refractivity contribution in [3.8, 4) is 0 Å². The lowest BCUT2D eigenvalue weighted by molar-refractivity contribution is -0.139. The van der Waals surface area contributed by atoms with E-state index in [0.29, 0.717) is 0 Å². The number of ether oxygens (including phenoxy) is 1. The second kappa shape index (κ2) is 5.11. The van der Waals surface area contributed by atoms with Gasteiger partial charge < -0.3 is 4.74 Å². The van der Waals surface area contributed by atoms with E-state index in [1.165, 1.54) is 18.2 Å². The minimum atomic E-state index is -0.214. The Morgan fingerprint density at radius 3 is 2.89 bits per heavy atom. The summed E-state index contributed by atoms with van der Waals surface area (Å²) in [6.07, 6.45) is 2.24. The third-order valence-corrected chi connectivity index (χ3v) is 3.86. The summed E-state index contributed by atoms with van der Waals surface area (Å²) in [5.41, 5.74) is 2.86. The van der Waals surface area contributed by atoms with Gasteiger partial charge in [-0.1, -0.05) is 38.1 Å². The van der Waals surface area contributed by atoms with Gasteiger partial charge in [0.15, 0.2) is 0 Å². The van der Waals surface area contributed by atoms with Crippen molar-refractivity contribution in [2.45, 2.75) is 32.7 Å². The molecule has 1 unspecified atom stereocenters. The molecule has 0 amide bonds. The molecule has 3 nitrogen and oxygen atoms in total. The van der Waals surface area contributed by atoms with Crippen molar-refractivity contribution < 1.29 is 9.53 Å². The molecular weight excluding hydrogens is 226 g/mol. The van der Waals surface area contributed by atoms with E-state index >= 15 is 0 Å². The molecule has 1 aliphatic carbocycles. The molecule has 0 spiro atoms. The molecule has 1 aromatic rings. The number of esters is 1. The maximum atomic E-state index is 11.3. The molecule has 0 heterocycles. The van der Waals surface area contributed by atoms with E-state index in [4.69, 9.17) is 4.74 Å². The second-order valence-corrected chi connectivity index (χ2v) is 5.58. The van der Waals surface area contributed by atoms with E-state index in [2.05, 4.69) is 43.4 Å². The average Bonchev–Trinajstić information content (AvgIpc) is 2.36. The number of hydrogen-bond acceptors (Lipinski definition) is 3. The van der Waals surface area contributed by atoms with E-state index < -0.39 is 0 Å². The van der Waals surface area contributed by atoms with Crippen LogP contribution in [0.5, 0.6) is 0 Å². The molecule has 0 radical (unpaired) electrons. The van der Waals surface area contributed by atoms with Gasteiger partial charge in [0, 0.05) is 6.04 Å². The van der Waals surface area contributed by atoms with Crippen molar-refractivity contribution in [3.05, 3.63) is 35.4 Å². The van der Waals surface area contributed by atoms with Gasteiger partial charge in [0.2, 0.25) is 0 Å². The first-order valence-corrected chi connectivity index (χ1v) is 6.42. The highest BCUT2D eigenvalue weighted by Gasteiger charge is 2.35. The van der Waals surface area contributed by atoms with Gasteiger partial charge in [-0.3, -0.25) is 10.1 Å². The van der Waals surface area contributed by atoms with Crippen LogP contribution in [0.1, 0.15) is 37.4 Å². The summed E-state index contributed by atoms with van der Waals surface area (Å²) < 4.78 is 4.70. The quantitative estimate of drug-likeness (QED) is 0.834. The summed E-state index contributed by atoms with van der Waals surface area (Å²) >= 11 is 0. The van der Waals surface area contributed by atoms with Gasteiger partial charge in [-0.25, -0.2) is 0 Å². The summed E-state index contributed by atoms with van der Waals surface area (Å²) in [6, 6.07) is 8.69. The number of methoxy groups -OCH3 is 1. The molecule has 0 saturated carbocycles. The Morgan fingerprint density at radius 1 is 1.44 bits per heavy atom. The summed E-state index contributed by atoms with van der Waals surface area (Å²) in [5, 5.41) is 3.34. The molecule has 1 aromatic carbocycles. The average molecular weight is 247 g/mol. The Balaban J connectivity index is 2.22. The van der Waals surface area contributed by atoms with Crippen LogP contribution in [0.15, 0.2) is 24.3 Å². The number of benzene rings is 1. The highest BCUT2D eigenvalue weighted by molar-refractivity contribution is 5.71. The van der Waals surface area contributed by atoms with Gasteiger partial charge >= 0.3 is 5.97 Å². The van der Waals surface area contributed by atoms with Gasteiger partial charge in [-0.15, -0.1) is 0 Å². The Hall–Kier alpha value is -1.35. The van der Waals surface area contributed by atoms with Gasteiger partial charge in [0.1, 0.15) is 0 Å². The summed E-state index contributed by atoms with van der Waals surface area (Å²) in [7, 11) is 1.42. The maximum Gasteiger partial charge on any atom is 0.319 e. The fourth-order valence-electron chi connectivity index (χ4n) is 2.71. The van der Waals surface area contributed by atoms with E-state index in [1.807, 2.05) is 0 Å². The zero-order valence-corrected chi connectivity index (χ0v) is 11.3. The first kappa shape index (κ1) is 13.1. The molecule has 18 heavy (non-hydrogen) atoms. The van der Waals surface area contributed by atoms with E-state index in [1.54, 1.807) is 0 Å². The van der Waals surface area contributed by atoms with Crippen molar-refractivity contribution in [1.29, 1.82) is 0 Å². The van der Waals surface area contributed by atoms with Crippen molar-refractivity contribution in [2.24, 2.45) is 5.41 Å². The number of aryl methyl sites for hydroxylation is 1. The van der Waals surface area contributed by atoms with Crippen LogP contribution in [-0.2, 0) is 16.0 Å². The summed E-state index contributed by atoms with van der Waals surface area (Å²) in [6.45, 7) is 4.76. The lowest BCUT2D eigenvalue weighted by Crippen LogP contribution is -2.40. The number of fused-ring (bicyclic) bond motifs is 1. The Kier molecular flexibility index (Phi) is 3.71. The van der Waals surface area contributed by atoms with Gasteiger partial charge in [-0.05, 0) is 29.4 Å². The zero-order chi connectivity index (χ0) is 13.2. The molecule has 0 bridgehead atoms. The predicted molar refractivity (Wildman–Crippen MR) is 71.3 cm³/mol. The molecule has 0 aromatic heterocycles. The van der Waals surface area contributed by atoms with E-state index in [-0.39, 0.29) is 24.0 Å². The van der Waals surface area contributed by atoms with Crippen molar-refractivity contribution in [2.75, 3.05) is 13.7 Å². The highest BCUT2D eigenvalue weighted by atomic mass is 16.5. The van der Waals surface area contributed by atoms with Crippen LogP contribution in [0.25, 0.3) is 0 Å². The summed E-state index contributed by atoms with van der Waals surface area (Å²) in [5.74, 6) is -0.214. The first-order chi connectivity index (χ1) is 8.54. The topological polar surface area (TPSA) is 38.3 Å². The molecule has 1 aliphatic rings. The maximum absolute atomic E-state index is 11.3. The third kappa shape index (κ3) is 2.56. The van der Waals surface area contributed by atoms with Crippen LogP contribution in [0, 0.1) is 5.41 Å². The summed E-state index contributed by atoms with van der Waals surface area (Å²) in [4.78, 5) is 11.3. The molecule has 98 valence electrons. The number of rotatable bonds is 3. The van der Waals surface area contributed by atoms with E-state index in [0.717, 1.165) is 12.8 Å². The minimum Gasteiger partial charge on any atom is -0.468 e. The minimum absolute atomic E-state index is 0.155. The van der Waals surface area contributed by atoms with Crippen molar-refractivity contribution in [1.82, 2.24) is 5.32 Å². The van der Waals surface area contributed by atoms with Crippen LogP contribution in [0.2, 0.25) is 0 Å². The van der Waals surface area contributed by atoms with Crippen LogP contribution < -0.4 is 5.32 Å². The Bertz CT molecular complexity index is 440. The number of carbonyl (C=O) groups is 1. The standard InChI is InChI=1S/C15H21NO2/c1-15(2)9-8-11-6-4-5-7-12(11)14(15)16-10-13(17)18-3/h4-7,14,16H,8-10H2,1-3H3. The molecule has 0 fully saturated rings. The molecule has 3 heteroatoms. The largest absolute Gasteiger partial charge is 0.468 e. The number of hydrogen-bond donors (Lipinski definition) is 1. The SMILES string of the molecule is COC(=O)CNC1c2ccccc2CCC1(C)C. The highest BCUT2D eigenvalue weighted by Crippen LogP contribution is 2.43. The normalized spacial score (nSPS) is 21.2. The van der Waals surface area contributed by atoms with Crippen LogP contribution >= 0.6 is 0 Å². The molecule has 0 aliphatic heterocycles. The molecule has 2 rings (SSSR count). The second-order valence-electron chi connectivity index (χ2n) is 5.58. The predicted octanol–water partition coefficient (Wildman–Crippen LogP) is 2.46. The zero-order valence-electron chi connectivity index (χ0n) is 11.3. The molecule has 1 atom stereocenters. The fourth-order valence-corrected chi connectivity index (χ4v) is 2.71. The fraction of sp³-hybridized carbons (Fsp3) is 0.533. The van der Waals surface area contributed by atoms with Crippen LogP contribution in [0.3, 0.4) is 0 Å². The first-order valence-electron chi connectivity index (χ1n) is 6.42. The Labute approximate surface area is 109 Å². The third-order valence-electron chi connectivity index (χ3n) is 3.86. The lowest BCUT2D eigenvalue weighted by Gasteiger charge is -2.40. The van der Waals surface area contributed by atoms with Crippen molar-refractivity contribution >= 4 is 5.97 Å². The number of carbonyl (C=O) groups excluding carboxylic acids is 1. The lowest BCUT2D eigenvalue weighted by atomic mass is 9.70. The monoisotopic (exact) mass is 247 g/mol. The molecular formula is C15H21NO2. The van der Waals surface area contributed by atoms with Crippen molar-refractivity contribution in [3.63, 3.8) is 0 Å².